The minimum atomic E-state index is 0.817. The zero-order valence-corrected chi connectivity index (χ0v) is 31.2. The Morgan fingerprint density at radius 3 is 0.904 bits per heavy atom. The maximum atomic E-state index is 5.37. The van der Waals surface area contributed by atoms with E-state index in [4.69, 9.17) is 18.9 Å². The number of ether oxygens (including phenoxy) is 4. The molecule has 6 aromatic rings. The van der Waals surface area contributed by atoms with Gasteiger partial charge < -0.3 is 40.2 Å². The van der Waals surface area contributed by atoms with E-state index in [2.05, 4.69) is 57.7 Å². The summed E-state index contributed by atoms with van der Waals surface area (Å²) in [6, 6.07) is 44.6. The maximum absolute atomic E-state index is 5.37. The first-order chi connectivity index (χ1) is 25.5. The fourth-order valence-corrected chi connectivity index (χ4v) is 7.27. The average Bonchev–Trinajstić information content (AvgIpc) is 3.19. The second-order valence-electron chi connectivity index (χ2n) is 11.5. The van der Waals surface area contributed by atoms with E-state index in [1.165, 1.54) is 0 Å². The van der Waals surface area contributed by atoms with Crippen LogP contribution >= 0.6 is 23.5 Å². The largest absolute Gasteiger partial charge is 0.497 e. The lowest BCUT2D eigenvalue weighted by Gasteiger charge is -2.16. The van der Waals surface area contributed by atoms with Crippen LogP contribution in [0.25, 0.3) is 0 Å². The van der Waals surface area contributed by atoms with E-state index >= 15 is 0 Å². The molecule has 52 heavy (non-hydrogen) atoms. The van der Waals surface area contributed by atoms with Gasteiger partial charge in [0.1, 0.15) is 23.0 Å². The Labute approximate surface area is 314 Å². The molecule has 10 heteroatoms. The molecular formula is C42H42N4O4S2. The minimum absolute atomic E-state index is 0.817. The lowest BCUT2D eigenvalue weighted by molar-refractivity contribution is 0.415. The number of methoxy groups -OCH3 is 4. The van der Waals surface area contributed by atoms with Crippen LogP contribution in [0.15, 0.2) is 143 Å². The molecule has 0 aliphatic heterocycles. The summed E-state index contributed by atoms with van der Waals surface area (Å²) < 4.78 is 21.4. The SMILES string of the molecule is COc1ccc(Nc2ccc(SCCSc3ccc(Nc4ccc(OC)cc4)cc3Nc3ccc(OC)cc3)c(Nc3ccc(OC)cc3)c2)cc1. The molecule has 0 bridgehead atoms. The van der Waals surface area contributed by atoms with E-state index in [-0.39, 0.29) is 0 Å². The molecule has 0 saturated carbocycles. The number of rotatable bonds is 17. The van der Waals surface area contributed by atoms with Crippen LogP contribution < -0.4 is 40.2 Å². The second-order valence-corrected chi connectivity index (χ2v) is 13.8. The third-order valence-corrected chi connectivity index (χ3v) is 10.5. The van der Waals surface area contributed by atoms with Crippen molar-refractivity contribution in [1.29, 1.82) is 0 Å². The molecule has 0 atom stereocenters. The molecule has 0 aliphatic rings. The van der Waals surface area contributed by atoms with Crippen molar-refractivity contribution in [3.63, 3.8) is 0 Å². The lowest BCUT2D eigenvalue weighted by atomic mass is 10.2. The van der Waals surface area contributed by atoms with Crippen LogP contribution in [-0.4, -0.2) is 39.9 Å². The highest BCUT2D eigenvalue weighted by atomic mass is 32.2. The summed E-state index contributed by atoms with van der Waals surface area (Å²) in [7, 11) is 6.70. The van der Waals surface area contributed by atoms with Gasteiger partial charge in [0.2, 0.25) is 0 Å². The van der Waals surface area contributed by atoms with Gasteiger partial charge in [0.05, 0.1) is 39.8 Å². The molecule has 0 fully saturated rings. The van der Waals surface area contributed by atoms with E-state index in [0.717, 1.165) is 89.8 Å². The van der Waals surface area contributed by atoms with Gasteiger partial charge in [0.15, 0.2) is 0 Å². The van der Waals surface area contributed by atoms with Crippen molar-refractivity contribution in [2.24, 2.45) is 0 Å². The fraction of sp³-hybridized carbons (Fsp3) is 0.143. The molecule has 6 rings (SSSR count). The topological polar surface area (TPSA) is 85.0 Å². The van der Waals surface area contributed by atoms with Crippen LogP contribution in [0.1, 0.15) is 0 Å². The summed E-state index contributed by atoms with van der Waals surface area (Å²) in [4.78, 5) is 2.32. The van der Waals surface area contributed by atoms with Gasteiger partial charge in [0.25, 0.3) is 0 Å². The van der Waals surface area contributed by atoms with Crippen molar-refractivity contribution in [3.8, 4) is 23.0 Å². The van der Waals surface area contributed by atoms with Crippen molar-refractivity contribution < 1.29 is 18.9 Å². The second kappa shape index (κ2) is 18.1. The Bertz CT molecular complexity index is 1880. The quantitative estimate of drug-likeness (QED) is 0.0537. The summed E-state index contributed by atoms with van der Waals surface area (Å²) in [6.07, 6.45) is 0. The van der Waals surface area contributed by atoms with Crippen LogP contribution in [0.2, 0.25) is 0 Å². The molecule has 0 spiro atoms. The van der Waals surface area contributed by atoms with Crippen molar-refractivity contribution in [2.45, 2.75) is 9.79 Å². The Hall–Kier alpha value is -5.58. The average molecular weight is 731 g/mol. The molecule has 0 radical (unpaired) electrons. The molecule has 0 unspecified atom stereocenters. The van der Waals surface area contributed by atoms with E-state index < -0.39 is 0 Å². The third-order valence-electron chi connectivity index (χ3n) is 8.05. The zero-order chi connectivity index (χ0) is 36.1. The predicted octanol–water partition coefficient (Wildman–Crippen LogP) is 11.6. The summed E-state index contributed by atoms with van der Waals surface area (Å²) in [5.41, 5.74) is 7.95. The molecule has 0 amide bonds. The first-order valence-corrected chi connectivity index (χ1v) is 18.7. The molecule has 266 valence electrons. The van der Waals surface area contributed by atoms with Crippen LogP contribution in [-0.2, 0) is 0 Å². The van der Waals surface area contributed by atoms with Crippen LogP contribution in [0, 0.1) is 0 Å². The van der Waals surface area contributed by atoms with Crippen molar-refractivity contribution in [2.75, 3.05) is 61.2 Å². The van der Waals surface area contributed by atoms with Crippen LogP contribution in [0.4, 0.5) is 45.5 Å². The van der Waals surface area contributed by atoms with Gasteiger partial charge in [-0.2, -0.15) is 0 Å². The number of hydrogen-bond acceptors (Lipinski definition) is 10. The van der Waals surface area contributed by atoms with Gasteiger partial charge >= 0.3 is 0 Å². The number of benzene rings is 6. The van der Waals surface area contributed by atoms with Gasteiger partial charge in [-0.25, -0.2) is 0 Å². The molecule has 4 N–H and O–H groups in total. The predicted molar refractivity (Wildman–Crippen MR) is 219 cm³/mol. The van der Waals surface area contributed by atoms with E-state index in [9.17, 15) is 0 Å². The van der Waals surface area contributed by atoms with Crippen LogP contribution in [0.5, 0.6) is 23.0 Å². The van der Waals surface area contributed by atoms with Gasteiger partial charge in [-0.15, -0.1) is 23.5 Å². The maximum Gasteiger partial charge on any atom is 0.119 e. The van der Waals surface area contributed by atoms with E-state index in [1.807, 2.05) is 121 Å². The monoisotopic (exact) mass is 730 g/mol. The molecule has 0 aromatic heterocycles. The van der Waals surface area contributed by atoms with Crippen molar-refractivity contribution in [1.82, 2.24) is 0 Å². The number of nitrogens with one attached hydrogen (secondary N) is 4. The summed E-state index contributed by atoms with van der Waals surface area (Å²) in [6.45, 7) is 0. The zero-order valence-electron chi connectivity index (χ0n) is 29.6. The Balaban J connectivity index is 1.17. The smallest absolute Gasteiger partial charge is 0.119 e. The van der Waals surface area contributed by atoms with Gasteiger partial charge in [0, 0.05) is 55.4 Å². The van der Waals surface area contributed by atoms with Crippen molar-refractivity contribution >= 4 is 69.0 Å². The van der Waals surface area contributed by atoms with Gasteiger partial charge in [-0.05, 0) is 133 Å². The first kappa shape index (κ1) is 36.2. The van der Waals surface area contributed by atoms with E-state index in [0.29, 0.717) is 0 Å². The fourth-order valence-electron chi connectivity index (χ4n) is 5.31. The summed E-state index contributed by atoms with van der Waals surface area (Å²) in [5.74, 6) is 5.08. The highest BCUT2D eigenvalue weighted by Crippen LogP contribution is 2.37. The minimum Gasteiger partial charge on any atom is -0.497 e. The summed E-state index contributed by atoms with van der Waals surface area (Å²) >= 11 is 3.65. The van der Waals surface area contributed by atoms with E-state index in [1.54, 1.807) is 28.4 Å². The highest BCUT2D eigenvalue weighted by molar-refractivity contribution is 8.03. The van der Waals surface area contributed by atoms with Gasteiger partial charge in [-0.1, -0.05) is 0 Å². The molecular weight excluding hydrogens is 689 g/mol. The Morgan fingerprint density at radius 2 is 0.615 bits per heavy atom. The Kier molecular flexibility index (Phi) is 12.6. The molecule has 0 aliphatic carbocycles. The molecule has 0 saturated heterocycles. The Morgan fingerprint density at radius 1 is 0.346 bits per heavy atom. The number of anilines is 8. The van der Waals surface area contributed by atoms with Crippen LogP contribution in [0.3, 0.4) is 0 Å². The lowest BCUT2D eigenvalue weighted by Crippen LogP contribution is -1.98. The normalized spacial score (nSPS) is 10.6. The molecule has 6 aromatic carbocycles. The summed E-state index contributed by atoms with van der Waals surface area (Å²) in [5, 5.41) is 14.3. The molecule has 8 nitrogen and oxygen atoms in total. The van der Waals surface area contributed by atoms with Crippen molar-refractivity contribution in [3.05, 3.63) is 133 Å². The number of hydrogen-bond donors (Lipinski definition) is 4. The molecule has 0 heterocycles. The standard InChI is InChI=1S/C42H42N4O4S2/c1-47-35-15-5-29(6-16-35)43-33-13-23-41(39(27-33)45-31-9-19-37(49-3)20-10-31)51-25-26-52-42-24-14-34(44-30-7-17-36(48-2)18-8-30)28-40(42)46-32-11-21-38(50-4)22-12-32/h5-24,27-28,43-46H,25-26H2,1-4H3. The third kappa shape index (κ3) is 10.0. The number of thioether (sulfide) groups is 2. The van der Waals surface area contributed by atoms with Gasteiger partial charge in [-0.3, -0.25) is 0 Å². The highest BCUT2D eigenvalue weighted by Gasteiger charge is 2.10. The first-order valence-electron chi connectivity index (χ1n) is 16.7.